The summed E-state index contributed by atoms with van der Waals surface area (Å²) in [6.07, 6.45) is -6.35. The lowest BCUT2D eigenvalue weighted by Crippen LogP contribution is -2.30. The van der Waals surface area contributed by atoms with Gasteiger partial charge in [-0.2, -0.15) is 26.3 Å². The van der Waals surface area contributed by atoms with Crippen LogP contribution in [-0.2, 0) is 16.1 Å². The van der Waals surface area contributed by atoms with Gasteiger partial charge < -0.3 is 35.7 Å². The van der Waals surface area contributed by atoms with Crippen LogP contribution in [0.25, 0.3) is 22.6 Å². The van der Waals surface area contributed by atoms with E-state index in [1.165, 1.54) is 0 Å². The smallest absolute Gasteiger partial charge is 0.489 e. The number of nitrogens with zero attached hydrogens (tertiary/aromatic N) is 5. The number of ether oxygens (including phenoxy) is 1. The first-order valence-electron chi connectivity index (χ1n) is 12.9. The first kappa shape index (κ1) is 36.6. The molecule has 0 amide bonds. The Morgan fingerprint density at radius 2 is 1.67 bits per heavy atom. The van der Waals surface area contributed by atoms with Gasteiger partial charge >= 0.3 is 24.3 Å². The normalized spacial score (nSPS) is 13.9. The van der Waals surface area contributed by atoms with Crippen molar-refractivity contribution in [2.75, 3.05) is 25.4 Å². The number of aryl methyl sites for hydroxylation is 1. The molecule has 20 heteroatoms. The number of rotatable bonds is 5. The number of aromatic nitrogens is 5. The van der Waals surface area contributed by atoms with E-state index in [-0.39, 0.29) is 5.82 Å². The summed E-state index contributed by atoms with van der Waals surface area (Å²) in [7, 11) is 0. The SMILES string of the molecule is CCn1c(-c2nonc2N)nc2c(C#CC(C)(C)O)ncc(OCC3CCNCC3)c21.O=C(O)C(F)(F)F.O=C(O)C(F)(F)F. The van der Waals surface area contributed by atoms with Crippen LogP contribution in [-0.4, -0.2) is 89.8 Å². The molecule has 0 aliphatic carbocycles. The van der Waals surface area contributed by atoms with Gasteiger partial charge in [0.2, 0.25) is 0 Å². The van der Waals surface area contributed by atoms with E-state index in [1.54, 1.807) is 20.0 Å². The second-order valence-corrected chi connectivity index (χ2v) is 9.77. The van der Waals surface area contributed by atoms with E-state index >= 15 is 0 Å². The van der Waals surface area contributed by atoms with Gasteiger partial charge in [-0.1, -0.05) is 5.92 Å². The molecule has 0 spiro atoms. The Morgan fingerprint density at radius 1 is 1.11 bits per heavy atom. The zero-order valence-corrected chi connectivity index (χ0v) is 24.0. The maximum Gasteiger partial charge on any atom is 0.490 e. The van der Waals surface area contributed by atoms with Crippen LogP contribution in [0.1, 0.15) is 39.3 Å². The van der Waals surface area contributed by atoms with Crippen LogP contribution in [0.15, 0.2) is 10.8 Å². The van der Waals surface area contributed by atoms with Crippen LogP contribution in [0.4, 0.5) is 32.2 Å². The summed E-state index contributed by atoms with van der Waals surface area (Å²) in [6.45, 7) is 8.42. The van der Waals surface area contributed by atoms with E-state index in [0.29, 0.717) is 47.5 Å². The van der Waals surface area contributed by atoms with E-state index in [9.17, 15) is 31.4 Å². The topological polar surface area (TPSA) is 212 Å². The summed E-state index contributed by atoms with van der Waals surface area (Å²) in [5.74, 6) is 1.99. The number of carboxylic acid groups (broad SMARTS) is 2. The lowest BCUT2D eigenvalue weighted by Gasteiger charge is -2.22. The Labute approximate surface area is 250 Å². The Hall–Kier alpha value is -4.64. The van der Waals surface area contributed by atoms with Crippen molar-refractivity contribution in [1.29, 1.82) is 0 Å². The molecule has 1 aliphatic heterocycles. The number of piperidine rings is 1. The minimum Gasteiger partial charge on any atom is -0.489 e. The fraction of sp³-hybridized carbons (Fsp3) is 0.520. The maximum absolute atomic E-state index is 10.6. The molecule has 0 saturated carbocycles. The molecule has 0 atom stereocenters. The standard InChI is InChI=1S/C21H27N7O3.2C2HF3O2/c1-4-28-18-15(30-12-13-6-9-23-10-7-13)11-24-14(5-8-21(2,3)29)16(18)25-20(28)17-19(22)27-31-26-17;2*3-2(4,5)1(6)7/h11,13,23,29H,4,6-7,9-10,12H2,1-3H3,(H2,22,27);2*(H,6,7). The van der Waals surface area contributed by atoms with E-state index in [4.69, 9.17) is 39.9 Å². The minimum atomic E-state index is -5.08. The van der Waals surface area contributed by atoms with Crippen molar-refractivity contribution >= 4 is 28.8 Å². The van der Waals surface area contributed by atoms with Gasteiger partial charge in [0.25, 0.3) is 0 Å². The number of aliphatic carboxylic acids is 2. The predicted octanol–water partition coefficient (Wildman–Crippen LogP) is 2.85. The molecule has 45 heavy (non-hydrogen) atoms. The van der Waals surface area contributed by atoms with Crippen molar-refractivity contribution < 1.29 is 60.6 Å². The number of halogens is 6. The van der Waals surface area contributed by atoms with Crippen molar-refractivity contribution in [2.24, 2.45) is 5.92 Å². The van der Waals surface area contributed by atoms with Gasteiger partial charge in [-0.15, -0.1) is 0 Å². The van der Waals surface area contributed by atoms with Gasteiger partial charge in [-0.3, -0.25) is 0 Å². The first-order chi connectivity index (χ1) is 20.8. The van der Waals surface area contributed by atoms with Crippen LogP contribution < -0.4 is 15.8 Å². The molecule has 1 saturated heterocycles. The molecular formula is C25H29F6N7O7. The van der Waals surface area contributed by atoms with Crippen LogP contribution in [0.3, 0.4) is 0 Å². The number of anilines is 1. The number of aliphatic hydroxyl groups is 1. The molecule has 14 nitrogen and oxygen atoms in total. The highest BCUT2D eigenvalue weighted by Gasteiger charge is 2.39. The average Bonchev–Trinajstić information content (AvgIpc) is 3.54. The number of nitrogens with two attached hydrogens (primary N) is 1. The number of hydrogen-bond donors (Lipinski definition) is 5. The third kappa shape index (κ3) is 10.8. The molecule has 248 valence electrons. The summed E-state index contributed by atoms with van der Waals surface area (Å²) in [5.41, 5.74) is 6.87. The molecule has 3 aromatic heterocycles. The highest BCUT2D eigenvalue weighted by atomic mass is 19.4. The first-order valence-corrected chi connectivity index (χ1v) is 12.9. The molecule has 4 rings (SSSR count). The van der Waals surface area contributed by atoms with Crippen LogP contribution in [0, 0.1) is 17.8 Å². The Bertz CT molecular complexity index is 1510. The summed E-state index contributed by atoms with van der Waals surface area (Å²) < 4.78 is 76.4. The number of nitrogen functional groups attached to an aromatic ring is 1. The van der Waals surface area contributed by atoms with Crippen molar-refractivity contribution in [3.63, 3.8) is 0 Å². The summed E-state index contributed by atoms with van der Waals surface area (Å²) in [6, 6.07) is 0. The molecule has 4 heterocycles. The monoisotopic (exact) mass is 653 g/mol. The third-order valence-electron chi connectivity index (χ3n) is 5.68. The molecule has 0 aromatic carbocycles. The second-order valence-electron chi connectivity index (χ2n) is 9.77. The third-order valence-corrected chi connectivity index (χ3v) is 5.68. The average molecular weight is 654 g/mol. The van der Waals surface area contributed by atoms with Crippen molar-refractivity contribution in [2.45, 2.75) is 58.1 Å². The van der Waals surface area contributed by atoms with Crippen LogP contribution in [0.5, 0.6) is 5.75 Å². The molecule has 3 aromatic rings. The van der Waals surface area contributed by atoms with Gasteiger partial charge in [0, 0.05) is 6.54 Å². The van der Waals surface area contributed by atoms with E-state index in [1.807, 2.05) is 11.5 Å². The fourth-order valence-electron chi connectivity index (χ4n) is 3.62. The molecule has 1 fully saturated rings. The zero-order valence-electron chi connectivity index (χ0n) is 24.0. The molecule has 0 radical (unpaired) electrons. The van der Waals surface area contributed by atoms with E-state index in [2.05, 4.69) is 32.5 Å². The van der Waals surface area contributed by atoms with Crippen LogP contribution >= 0.6 is 0 Å². The van der Waals surface area contributed by atoms with E-state index in [0.717, 1.165) is 31.4 Å². The molecule has 0 bridgehead atoms. The summed E-state index contributed by atoms with van der Waals surface area (Å²) in [4.78, 5) is 27.0. The largest absolute Gasteiger partial charge is 0.490 e. The molecular weight excluding hydrogens is 624 g/mol. The number of alkyl halides is 6. The van der Waals surface area contributed by atoms with Gasteiger partial charge in [0.1, 0.15) is 22.3 Å². The quantitative estimate of drug-likeness (QED) is 0.198. The lowest BCUT2D eigenvalue weighted by atomic mass is 9.99. The van der Waals surface area contributed by atoms with Gasteiger partial charge in [0.05, 0.1) is 12.8 Å². The number of nitrogens with one attached hydrogen (secondary N) is 1. The highest BCUT2D eigenvalue weighted by Crippen LogP contribution is 2.33. The number of pyridine rings is 1. The number of imidazole rings is 1. The fourth-order valence-corrected chi connectivity index (χ4v) is 3.62. The molecule has 0 unspecified atom stereocenters. The lowest BCUT2D eigenvalue weighted by molar-refractivity contribution is -0.193. The summed E-state index contributed by atoms with van der Waals surface area (Å²) >= 11 is 0. The number of hydrogen-bond acceptors (Lipinski definition) is 11. The highest BCUT2D eigenvalue weighted by molar-refractivity contribution is 5.89. The predicted molar refractivity (Wildman–Crippen MR) is 143 cm³/mol. The van der Waals surface area contributed by atoms with Crippen molar-refractivity contribution in [3.8, 4) is 29.1 Å². The van der Waals surface area contributed by atoms with Gasteiger partial charge in [0.15, 0.2) is 23.1 Å². The molecule has 1 aliphatic rings. The number of fused-ring (bicyclic) bond motifs is 1. The Balaban J connectivity index is 0.000000421. The summed E-state index contributed by atoms with van der Waals surface area (Å²) in [5, 5.41) is 35.2. The van der Waals surface area contributed by atoms with Gasteiger partial charge in [-0.25, -0.2) is 24.2 Å². The van der Waals surface area contributed by atoms with Crippen molar-refractivity contribution in [1.82, 2.24) is 30.2 Å². The zero-order chi connectivity index (χ0) is 34.2. The van der Waals surface area contributed by atoms with E-state index < -0.39 is 29.9 Å². The maximum atomic E-state index is 10.6. The second kappa shape index (κ2) is 14.9. The van der Waals surface area contributed by atoms with Crippen molar-refractivity contribution in [3.05, 3.63) is 11.9 Å². The minimum absolute atomic E-state index is 0.152. The van der Waals surface area contributed by atoms with Gasteiger partial charge in [-0.05, 0) is 68.9 Å². The molecule has 6 N–H and O–H groups in total. The Morgan fingerprint density at radius 3 is 2.11 bits per heavy atom. The number of carboxylic acids is 2. The Kier molecular flexibility index (Phi) is 12.1. The van der Waals surface area contributed by atoms with Crippen LogP contribution in [0.2, 0.25) is 0 Å². The number of carbonyl (C=O) groups is 2.